The van der Waals surface area contributed by atoms with Crippen LogP contribution >= 0.6 is 0 Å². The van der Waals surface area contributed by atoms with E-state index in [1.54, 1.807) is 7.05 Å². The van der Waals surface area contributed by atoms with Gasteiger partial charge in [-0.15, -0.1) is 0 Å². The molecule has 1 aliphatic rings. The minimum atomic E-state index is 0.0768. The standard InChI is InChI=1S/C10H14N2.C2H6/c1-8(11)7-9-5-3-4-6-10(9)12-2;1-2/h3-8H,11H2,1-2H3;1-2H3/b9-7-,12-10?;. The van der Waals surface area contributed by atoms with Gasteiger partial charge in [0.15, 0.2) is 0 Å². The summed E-state index contributed by atoms with van der Waals surface area (Å²) in [5, 5.41) is 0. The second kappa shape index (κ2) is 7.27. The lowest BCUT2D eigenvalue weighted by atomic mass is 10.0. The van der Waals surface area contributed by atoms with Crippen molar-refractivity contribution in [3.8, 4) is 0 Å². The lowest BCUT2D eigenvalue weighted by molar-refractivity contribution is 0.923. The van der Waals surface area contributed by atoms with Crippen molar-refractivity contribution in [3.05, 3.63) is 36.0 Å². The predicted molar refractivity (Wildman–Crippen MR) is 64.7 cm³/mol. The lowest BCUT2D eigenvalue weighted by Gasteiger charge is -2.06. The van der Waals surface area contributed by atoms with Crippen molar-refractivity contribution in [2.75, 3.05) is 7.05 Å². The highest BCUT2D eigenvalue weighted by Crippen LogP contribution is 2.08. The van der Waals surface area contributed by atoms with E-state index in [0.717, 1.165) is 11.3 Å². The average Bonchev–Trinajstić information content (AvgIpc) is 2.21. The maximum absolute atomic E-state index is 5.65. The van der Waals surface area contributed by atoms with Gasteiger partial charge in [-0.2, -0.15) is 0 Å². The van der Waals surface area contributed by atoms with Gasteiger partial charge < -0.3 is 5.73 Å². The van der Waals surface area contributed by atoms with Crippen molar-refractivity contribution in [2.24, 2.45) is 10.7 Å². The van der Waals surface area contributed by atoms with E-state index in [9.17, 15) is 0 Å². The van der Waals surface area contributed by atoms with Gasteiger partial charge in [0.2, 0.25) is 0 Å². The third-order valence-electron chi connectivity index (χ3n) is 1.62. The third-order valence-corrected chi connectivity index (χ3v) is 1.62. The van der Waals surface area contributed by atoms with Crippen molar-refractivity contribution in [1.82, 2.24) is 0 Å². The van der Waals surface area contributed by atoms with E-state index in [4.69, 9.17) is 5.73 Å². The van der Waals surface area contributed by atoms with E-state index in [1.807, 2.05) is 51.2 Å². The molecule has 1 unspecified atom stereocenters. The molecule has 0 aliphatic heterocycles. The quantitative estimate of drug-likeness (QED) is 0.681. The minimum absolute atomic E-state index is 0.0768. The Balaban J connectivity index is 0.000000791. The van der Waals surface area contributed by atoms with Crippen LogP contribution in [0.4, 0.5) is 0 Å². The van der Waals surface area contributed by atoms with E-state index in [0.29, 0.717) is 0 Å². The second-order valence-corrected chi connectivity index (χ2v) is 2.81. The van der Waals surface area contributed by atoms with Crippen LogP contribution in [-0.2, 0) is 0 Å². The van der Waals surface area contributed by atoms with Crippen LogP contribution in [0.15, 0.2) is 40.9 Å². The summed E-state index contributed by atoms with van der Waals surface area (Å²) >= 11 is 0. The molecule has 0 saturated heterocycles. The Hall–Kier alpha value is -1.15. The highest BCUT2D eigenvalue weighted by molar-refractivity contribution is 6.11. The molecular formula is C12H20N2. The van der Waals surface area contributed by atoms with E-state index < -0.39 is 0 Å². The number of nitrogens with zero attached hydrogens (tertiary/aromatic N) is 1. The molecule has 0 amide bonds. The molecule has 14 heavy (non-hydrogen) atoms. The van der Waals surface area contributed by atoms with E-state index in [2.05, 4.69) is 4.99 Å². The molecular weight excluding hydrogens is 172 g/mol. The van der Waals surface area contributed by atoms with Crippen LogP contribution in [0.2, 0.25) is 0 Å². The fraction of sp³-hybridized carbons (Fsp3) is 0.417. The van der Waals surface area contributed by atoms with Gasteiger partial charge in [-0.3, -0.25) is 4.99 Å². The normalized spacial score (nSPS) is 22.1. The fourth-order valence-electron chi connectivity index (χ4n) is 1.12. The summed E-state index contributed by atoms with van der Waals surface area (Å²) in [6.45, 7) is 5.95. The van der Waals surface area contributed by atoms with Crippen LogP contribution < -0.4 is 5.73 Å². The van der Waals surface area contributed by atoms with Gasteiger partial charge in [-0.25, -0.2) is 0 Å². The number of allylic oxidation sites excluding steroid dienone is 5. The first-order valence-electron chi connectivity index (χ1n) is 5.03. The average molecular weight is 192 g/mol. The number of nitrogens with two attached hydrogens (primary N) is 1. The highest BCUT2D eigenvalue weighted by Gasteiger charge is 2.02. The molecule has 2 heteroatoms. The van der Waals surface area contributed by atoms with Crippen molar-refractivity contribution in [2.45, 2.75) is 26.8 Å². The summed E-state index contributed by atoms with van der Waals surface area (Å²) in [6.07, 6.45) is 9.96. The van der Waals surface area contributed by atoms with Crippen LogP contribution in [0.5, 0.6) is 0 Å². The van der Waals surface area contributed by atoms with Gasteiger partial charge in [0.05, 0.1) is 5.71 Å². The molecule has 0 aromatic rings. The van der Waals surface area contributed by atoms with E-state index >= 15 is 0 Å². The van der Waals surface area contributed by atoms with Crippen molar-refractivity contribution in [1.29, 1.82) is 0 Å². The summed E-state index contributed by atoms with van der Waals surface area (Å²) in [5.74, 6) is 0. The highest BCUT2D eigenvalue weighted by atomic mass is 14.7. The number of hydrogen-bond donors (Lipinski definition) is 1. The lowest BCUT2D eigenvalue weighted by Crippen LogP contribution is -2.13. The molecule has 0 radical (unpaired) electrons. The van der Waals surface area contributed by atoms with E-state index in [-0.39, 0.29) is 6.04 Å². The van der Waals surface area contributed by atoms with Gasteiger partial charge >= 0.3 is 0 Å². The fourth-order valence-corrected chi connectivity index (χ4v) is 1.12. The molecule has 1 atom stereocenters. The Morgan fingerprint density at radius 2 is 1.86 bits per heavy atom. The maximum Gasteiger partial charge on any atom is 0.0640 e. The van der Waals surface area contributed by atoms with Crippen LogP contribution in [0.1, 0.15) is 20.8 Å². The Bertz CT molecular complexity index is 268. The molecule has 0 aromatic heterocycles. The molecule has 78 valence electrons. The molecule has 1 aliphatic carbocycles. The van der Waals surface area contributed by atoms with Crippen LogP contribution in [0, 0.1) is 0 Å². The van der Waals surface area contributed by atoms with Gasteiger partial charge in [0, 0.05) is 13.1 Å². The molecule has 0 heterocycles. The monoisotopic (exact) mass is 192 g/mol. The zero-order valence-electron chi connectivity index (χ0n) is 9.49. The van der Waals surface area contributed by atoms with Gasteiger partial charge in [-0.1, -0.05) is 38.2 Å². The number of aliphatic imine (C=N–C) groups is 1. The summed E-state index contributed by atoms with van der Waals surface area (Å²) < 4.78 is 0. The molecule has 2 N–H and O–H groups in total. The Morgan fingerprint density at radius 1 is 1.29 bits per heavy atom. The number of rotatable bonds is 1. The Labute approximate surface area is 86.9 Å². The Kier molecular flexibility index (Phi) is 6.68. The van der Waals surface area contributed by atoms with E-state index in [1.165, 1.54) is 0 Å². The minimum Gasteiger partial charge on any atom is -0.325 e. The first-order valence-corrected chi connectivity index (χ1v) is 5.03. The number of hydrogen-bond acceptors (Lipinski definition) is 2. The van der Waals surface area contributed by atoms with Gasteiger partial charge in [-0.05, 0) is 18.6 Å². The van der Waals surface area contributed by atoms with Crippen molar-refractivity contribution < 1.29 is 0 Å². The summed E-state index contributed by atoms with van der Waals surface area (Å²) in [7, 11) is 1.79. The molecule has 0 bridgehead atoms. The molecule has 0 spiro atoms. The first-order chi connectivity index (χ1) is 6.74. The molecule has 2 nitrogen and oxygen atoms in total. The summed E-state index contributed by atoms with van der Waals surface area (Å²) in [4.78, 5) is 4.14. The Morgan fingerprint density at radius 3 is 2.36 bits per heavy atom. The molecule has 0 fully saturated rings. The van der Waals surface area contributed by atoms with Gasteiger partial charge in [0.1, 0.15) is 0 Å². The zero-order chi connectivity index (χ0) is 11.0. The largest absolute Gasteiger partial charge is 0.325 e. The smallest absolute Gasteiger partial charge is 0.0640 e. The van der Waals surface area contributed by atoms with Crippen LogP contribution in [0.3, 0.4) is 0 Å². The molecule has 0 saturated carbocycles. The first kappa shape index (κ1) is 12.8. The zero-order valence-corrected chi connectivity index (χ0v) is 9.49. The van der Waals surface area contributed by atoms with Crippen molar-refractivity contribution >= 4 is 5.71 Å². The second-order valence-electron chi connectivity index (χ2n) is 2.81. The predicted octanol–water partition coefficient (Wildman–Crippen LogP) is 2.48. The van der Waals surface area contributed by atoms with Crippen LogP contribution in [0.25, 0.3) is 0 Å². The summed E-state index contributed by atoms with van der Waals surface area (Å²) in [5.41, 5.74) is 7.75. The van der Waals surface area contributed by atoms with Gasteiger partial charge in [0.25, 0.3) is 0 Å². The molecule has 1 rings (SSSR count). The maximum atomic E-state index is 5.65. The SMILES string of the molecule is CC.CN=C1C=CC=C/C1=C/C(C)N. The van der Waals surface area contributed by atoms with Crippen LogP contribution in [-0.4, -0.2) is 18.8 Å². The molecule has 0 aromatic carbocycles. The topological polar surface area (TPSA) is 38.4 Å². The van der Waals surface area contributed by atoms with Crippen molar-refractivity contribution in [3.63, 3.8) is 0 Å². The summed E-state index contributed by atoms with van der Waals surface area (Å²) in [6, 6.07) is 0.0768. The third kappa shape index (κ3) is 4.19.